The lowest BCUT2D eigenvalue weighted by Crippen LogP contribution is -2.36. The highest BCUT2D eigenvalue weighted by Crippen LogP contribution is 2.31. The molecule has 1 heterocycles. The quantitative estimate of drug-likeness (QED) is 0.575. The van der Waals surface area contributed by atoms with Gasteiger partial charge in [0.15, 0.2) is 0 Å². The Hall–Kier alpha value is -2.38. The third-order valence-corrected chi connectivity index (χ3v) is 5.70. The van der Waals surface area contributed by atoms with Gasteiger partial charge in [-0.25, -0.2) is 0 Å². The summed E-state index contributed by atoms with van der Waals surface area (Å²) in [7, 11) is 0. The fourth-order valence-corrected chi connectivity index (χ4v) is 4.21. The SMILES string of the molecule is c1ccc(C2CCN(CC(c3ccccc3)c3ccccc3)CC2)cc1. The normalized spacial score (nSPS) is 16.0. The van der Waals surface area contributed by atoms with Crippen LogP contribution in [0.25, 0.3) is 0 Å². The van der Waals surface area contributed by atoms with Crippen molar-refractivity contribution in [3.8, 4) is 0 Å². The van der Waals surface area contributed by atoms with E-state index in [9.17, 15) is 0 Å². The Labute approximate surface area is 157 Å². The van der Waals surface area contributed by atoms with Crippen molar-refractivity contribution in [1.82, 2.24) is 4.90 Å². The molecular weight excluding hydrogens is 314 g/mol. The number of rotatable bonds is 5. The topological polar surface area (TPSA) is 3.24 Å². The summed E-state index contributed by atoms with van der Waals surface area (Å²) in [4.78, 5) is 2.66. The Morgan fingerprint density at radius 1 is 0.654 bits per heavy atom. The van der Waals surface area contributed by atoms with Gasteiger partial charge in [0.05, 0.1) is 0 Å². The summed E-state index contributed by atoms with van der Waals surface area (Å²) < 4.78 is 0. The van der Waals surface area contributed by atoms with Gasteiger partial charge in [-0.3, -0.25) is 0 Å². The van der Waals surface area contributed by atoms with Gasteiger partial charge < -0.3 is 4.90 Å². The molecule has 1 aliphatic heterocycles. The van der Waals surface area contributed by atoms with Crippen molar-refractivity contribution in [2.75, 3.05) is 19.6 Å². The summed E-state index contributed by atoms with van der Waals surface area (Å²) in [6.07, 6.45) is 2.53. The van der Waals surface area contributed by atoms with Crippen LogP contribution in [0.15, 0.2) is 91.0 Å². The zero-order valence-corrected chi connectivity index (χ0v) is 15.3. The number of piperidine rings is 1. The van der Waals surface area contributed by atoms with Gasteiger partial charge in [-0.2, -0.15) is 0 Å². The molecule has 1 aliphatic rings. The number of nitrogens with zero attached hydrogens (tertiary/aromatic N) is 1. The van der Waals surface area contributed by atoms with Crippen molar-refractivity contribution in [3.05, 3.63) is 108 Å². The standard InChI is InChI=1S/C25H27N/c1-4-10-21(11-5-1)22-16-18-26(19-17-22)20-25(23-12-6-2-7-13-23)24-14-8-3-9-15-24/h1-15,22,25H,16-20H2. The lowest BCUT2D eigenvalue weighted by Gasteiger charge is -2.35. The van der Waals surface area contributed by atoms with Crippen LogP contribution < -0.4 is 0 Å². The molecule has 1 fully saturated rings. The third kappa shape index (κ3) is 4.05. The first-order chi connectivity index (χ1) is 12.9. The Morgan fingerprint density at radius 2 is 1.12 bits per heavy atom. The fraction of sp³-hybridized carbons (Fsp3) is 0.280. The zero-order chi connectivity index (χ0) is 17.6. The first-order valence-electron chi connectivity index (χ1n) is 9.77. The third-order valence-electron chi connectivity index (χ3n) is 5.70. The summed E-state index contributed by atoms with van der Waals surface area (Å²) in [5, 5.41) is 0. The zero-order valence-electron chi connectivity index (χ0n) is 15.3. The maximum absolute atomic E-state index is 2.66. The lowest BCUT2D eigenvalue weighted by atomic mass is 9.87. The molecular formula is C25H27N. The second kappa shape index (κ2) is 8.33. The van der Waals surface area contributed by atoms with Crippen molar-refractivity contribution in [3.63, 3.8) is 0 Å². The molecule has 0 spiro atoms. The maximum atomic E-state index is 2.66. The van der Waals surface area contributed by atoms with Gasteiger partial charge in [-0.05, 0) is 48.5 Å². The summed E-state index contributed by atoms with van der Waals surface area (Å²) in [5.41, 5.74) is 4.35. The number of hydrogen-bond donors (Lipinski definition) is 0. The molecule has 1 saturated heterocycles. The molecule has 3 aromatic rings. The van der Waals surface area contributed by atoms with Crippen LogP contribution in [0.1, 0.15) is 41.4 Å². The van der Waals surface area contributed by atoms with Gasteiger partial charge in [-0.15, -0.1) is 0 Å². The predicted molar refractivity (Wildman–Crippen MR) is 110 cm³/mol. The highest BCUT2D eigenvalue weighted by atomic mass is 15.1. The molecule has 0 amide bonds. The Balaban J connectivity index is 1.46. The molecule has 3 aromatic carbocycles. The van der Waals surface area contributed by atoms with Crippen LogP contribution in [0.3, 0.4) is 0 Å². The highest BCUT2D eigenvalue weighted by Gasteiger charge is 2.24. The minimum absolute atomic E-state index is 0.450. The van der Waals surface area contributed by atoms with Crippen molar-refractivity contribution in [2.45, 2.75) is 24.7 Å². The Bertz CT molecular complexity index is 735. The van der Waals surface area contributed by atoms with Gasteiger partial charge in [0, 0.05) is 12.5 Å². The van der Waals surface area contributed by atoms with Crippen molar-refractivity contribution in [2.24, 2.45) is 0 Å². The first-order valence-corrected chi connectivity index (χ1v) is 9.77. The highest BCUT2D eigenvalue weighted by molar-refractivity contribution is 5.33. The molecule has 1 heteroatoms. The number of hydrogen-bond acceptors (Lipinski definition) is 1. The molecule has 0 aromatic heterocycles. The number of benzene rings is 3. The van der Waals surface area contributed by atoms with Gasteiger partial charge in [0.2, 0.25) is 0 Å². The van der Waals surface area contributed by atoms with Crippen LogP contribution in [0, 0.1) is 0 Å². The summed E-state index contributed by atoms with van der Waals surface area (Å²) in [6, 6.07) is 33.0. The van der Waals surface area contributed by atoms with Crippen LogP contribution in [0.5, 0.6) is 0 Å². The molecule has 0 aliphatic carbocycles. The van der Waals surface area contributed by atoms with Gasteiger partial charge >= 0.3 is 0 Å². The molecule has 0 atom stereocenters. The smallest absolute Gasteiger partial charge is 0.0217 e. The van der Waals surface area contributed by atoms with Gasteiger partial charge in [0.25, 0.3) is 0 Å². The van der Waals surface area contributed by atoms with E-state index in [-0.39, 0.29) is 0 Å². The van der Waals surface area contributed by atoms with Crippen molar-refractivity contribution in [1.29, 1.82) is 0 Å². The van der Waals surface area contributed by atoms with Crippen LogP contribution in [0.4, 0.5) is 0 Å². The Morgan fingerprint density at radius 3 is 1.62 bits per heavy atom. The molecule has 132 valence electrons. The summed E-state index contributed by atoms with van der Waals surface area (Å²) in [6.45, 7) is 3.49. The predicted octanol–water partition coefficient (Wildman–Crippen LogP) is 5.70. The average molecular weight is 341 g/mol. The van der Waals surface area contributed by atoms with E-state index >= 15 is 0 Å². The summed E-state index contributed by atoms with van der Waals surface area (Å²) in [5.74, 6) is 1.17. The average Bonchev–Trinajstić information content (AvgIpc) is 2.74. The van der Waals surface area contributed by atoms with Gasteiger partial charge in [0.1, 0.15) is 0 Å². The maximum Gasteiger partial charge on any atom is 0.0217 e. The number of likely N-dealkylation sites (tertiary alicyclic amines) is 1. The molecule has 26 heavy (non-hydrogen) atoms. The van der Waals surface area contributed by atoms with E-state index in [4.69, 9.17) is 0 Å². The molecule has 0 saturated carbocycles. The lowest BCUT2D eigenvalue weighted by molar-refractivity contribution is 0.206. The van der Waals surface area contributed by atoms with Crippen molar-refractivity contribution < 1.29 is 0 Å². The fourth-order valence-electron chi connectivity index (χ4n) is 4.21. The van der Waals surface area contributed by atoms with E-state index < -0.39 is 0 Å². The molecule has 1 nitrogen and oxygen atoms in total. The van der Waals surface area contributed by atoms with E-state index in [1.165, 1.54) is 42.6 Å². The second-order valence-corrected chi connectivity index (χ2v) is 7.36. The molecule has 0 N–H and O–H groups in total. The minimum Gasteiger partial charge on any atom is -0.302 e. The Kier molecular flexibility index (Phi) is 5.47. The van der Waals surface area contributed by atoms with E-state index in [1.54, 1.807) is 0 Å². The van der Waals surface area contributed by atoms with E-state index in [2.05, 4.69) is 95.9 Å². The molecule has 0 radical (unpaired) electrons. The summed E-state index contributed by atoms with van der Waals surface area (Å²) >= 11 is 0. The van der Waals surface area contributed by atoms with Crippen LogP contribution in [0.2, 0.25) is 0 Å². The largest absolute Gasteiger partial charge is 0.302 e. The molecule has 0 bridgehead atoms. The minimum atomic E-state index is 0.450. The molecule has 4 rings (SSSR count). The van der Waals surface area contributed by atoms with Crippen LogP contribution >= 0.6 is 0 Å². The van der Waals surface area contributed by atoms with E-state index in [0.29, 0.717) is 5.92 Å². The van der Waals surface area contributed by atoms with E-state index in [1.807, 2.05) is 0 Å². The van der Waals surface area contributed by atoms with Gasteiger partial charge in [-0.1, -0.05) is 91.0 Å². The van der Waals surface area contributed by atoms with Crippen LogP contribution in [-0.2, 0) is 0 Å². The van der Waals surface area contributed by atoms with Crippen molar-refractivity contribution >= 4 is 0 Å². The second-order valence-electron chi connectivity index (χ2n) is 7.36. The molecule has 0 unspecified atom stereocenters. The monoisotopic (exact) mass is 341 g/mol. The first kappa shape index (κ1) is 17.1. The van der Waals surface area contributed by atoms with Crippen LogP contribution in [-0.4, -0.2) is 24.5 Å². The van der Waals surface area contributed by atoms with E-state index in [0.717, 1.165) is 12.5 Å².